The molecule has 3 N–H and O–H groups in total. The normalized spacial score (nSPS) is 11.1. The predicted octanol–water partition coefficient (Wildman–Crippen LogP) is 4.22. The zero-order chi connectivity index (χ0) is 19.7. The summed E-state index contributed by atoms with van der Waals surface area (Å²) in [5, 5.41) is 4.81. The van der Waals surface area contributed by atoms with Gasteiger partial charge in [-0.15, -0.1) is 0 Å². The third-order valence-corrected chi connectivity index (χ3v) is 4.78. The molecular formula is C22H21N3O3. The highest BCUT2D eigenvalue weighted by molar-refractivity contribution is 6.06. The Morgan fingerprint density at radius 3 is 2.68 bits per heavy atom. The van der Waals surface area contributed by atoms with Gasteiger partial charge in [-0.2, -0.15) is 0 Å². The van der Waals surface area contributed by atoms with Gasteiger partial charge >= 0.3 is 0 Å². The second-order valence-corrected chi connectivity index (χ2v) is 6.76. The molecule has 1 amide bonds. The molecule has 2 aromatic heterocycles. The van der Waals surface area contributed by atoms with E-state index in [0.717, 1.165) is 46.0 Å². The fourth-order valence-corrected chi connectivity index (χ4v) is 3.44. The van der Waals surface area contributed by atoms with Gasteiger partial charge in [0, 0.05) is 34.1 Å². The highest BCUT2D eigenvalue weighted by Gasteiger charge is 2.11. The summed E-state index contributed by atoms with van der Waals surface area (Å²) in [6, 6.07) is 14.6. The average Bonchev–Trinajstić information content (AvgIpc) is 3.11. The first-order chi connectivity index (χ1) is 13.6. The van der Waals surface area contributed by atoms with E-state index in [-0.39, 0.29) is 11.5 Å². The van der Waals surface area contributed by atoms with Crippen LogP contribution in [0, 0.1) is 0 Å². The highest BCUT2D eigenvalue weighted by Crippen LogP contribution is 2.23. The lowest BCUT2D eigenvalue weighted by atomic mass is 10.0. The molecule has 0 bridgehead atoms. The summed E-state index contributed by atoms with van der Waals surface area (Å²) < 4.78 is 5.22. The number of pyridine rings is 1. The number of nitrogens with one attached hydrogen (secondary N) is 3. The number of carbonyl (C=O) groups is 1. The quantitative estimate of drug-likeness (QED) is 0.488. The molecule has 0 aliphatic rings. The minimum Gasteiger partial charge on any atom is -0.497 e. The fraction of sp³-hybridized carbons (Fsp3) is 0.182. The number of carbonyl (C=O) groups excluding carboxylic acids is 1. The van der Waals surface area contributed by atoms with Crippen molar-refractivity contribution >= 4 is 33.4 Å². The SMILES string of the molecule is CCCc1cc(=O)[nH]c2cc(NC(=O)c3cc4ccc(OC)cc4[nH]3)ccc12. The molecule has 0 saturated carbocycles. The van der Waals surface area contributed by atoms with E-state index < -0.39 is 0 Å². The molecule has 0 aliphatic carbocycles. The number of aromatic amines is 2. The zero-order valence-corrected chi connectivity index (χ0v) is 15.8. The highest BCUT2D eigenvalue weighted by atomic mass is 16.5. The molecule has 4 aromatic rings. The van der Waals surface area contributed by atoms with Crippen LogP contribution >= 0.6 is 0 Å². The van der Waals surface area contributed by atoms with Crippen LogP contribution in [-0.2, 0) is 6.42 Å². The van der Waals surface area contributed by atoms with Crippen LogP contribution in [-0.4, -0.2) is 23.0 Å². The minimum atomic E-state index is -0.249. The Bertz CT molecular complexity index is 1240. The van der Waals surface area contributed by atoms with Crippen molar-refractivity contribution in [2.75, 3.05) is 12.4 Å². The van der Waals surface area contributed by atoms with Crippen LogP contribution in [0.3, 0.4) is 0 Å². The van der Waals surface area contributed by atoms with Gasteiger partial charge in [0.15, 0.2) is 0 Å². The minimum absolute atomic E-state index is 0.135. The van der Waals surface area contributed by atoms with Crippen LogP contribution in [0.5, 0.6) is 5.75 Å². The molecule has 0 unspecified atom stereocenters. The summed E-state index contributed by atoms with van der Waals surface area (Å²) in [6.07, 6.45) is 1.80. The summed E-state index contributed by atoms with van der Waals surface area (Å²) in [7, 11) is 1.60. The average molecular weight is 375 g/mol. The number of methoxy groups -OCH3 is 1. The van der Waals surface area contributed by atoms with E-state index in [2.05, 4.69) is 22.2 Å². The molecular weight excluding hydrogens is 354 g/mol. The van der Waals surface area contributed by atoms with Gasteiger partial charge in [0.25, 0.3) is 5.91 Å². The third-order valence-electron chi connectivity index (χ3n) is 4.78. The maximum Gasteiger partial charge on any atom is 0.272 e. The number of anilines is 1. The number of ether oxygens (including phenoxy) is 1. The van der Waals surface area contributed by atoms with Gasteiger partial charge in [-0.1, -0.05) is 19.4 Å². The summed E-state index contributed by atoms with van der Waals surface area (Å²) in [5.41, 5.74) is 3.51. The van der Waals surface area contributed by atoms with Gasteiger partial charge in [-0.25, -0.2) is 0 Å². The van der Waals surface area contributed by atoms with E-state index in [1.165, 1.54) is 0 Å². The number of fused-ring (bicyclic) bond motifs is 2. The standard InChI is InChI=1S/C22H21N3O3/c1-3-4-13-10-21(26)25-19-11-15(6-8-17(13)19)23-22(27)20-9-14-5-7-16(28-2)12-18(14)24-20/h5-12,24H,3-4H2,1-2H3,(H,23,27)(H,25,26). The third kappa shape index (κ3) is 3.36. The molecule has 0 fully saturated rings. The Balaban J connectivity index is 1.64. The molecule has 0 aliphatic heterocycles. The lowest BCUT2D eigenvalue weighted by Gasteiger charge is -2.08. The van der Waals surface area contributed by atoms with Crippen molar-refractivity contribution in [1.82, 2.24) is 9.97 Å². The van der Waals surface area contributed by atoms with Crippen LogP contribution in [0.25, 0.3) is 21.8 Å². The molecule has 142 valence electrons. The van der Waals surface area contributed by atoms with Gasteiger partial charge in [0.2, 0.25) is 5.56 Å². The number of aryl methyl sites for hydroxylation is 1. The van der Waals surface area contributed by atoms with E-state index in [9.17, 15) is 9.59 Å². The van der Waals surface area contributed by atoms with Crippen LogP contribution in [0.1, 0.15) is 29.4 Å². The van der Waals surface area contributed by atoms with E-state index in [0.29, 0.717) is 11.4 Å². The molecule has 2 heterocycles. The van der Waals surface area contributed by atoms with Crippen molar-refractivity contribution in [2.45, 2.75) is 19.8 Å². The van der Waals surface area contributed by atoms with Crippen molar-refractivity contribution in [3.63, 3.8) is 0 Å². The molecule has 4 rings (SSSR count). The molecule has 0 saturated heterocycles. The first-order valence-corrected chi connectivity index (χ1v) is 9.21. The summed E-state index contributed by atoms with van der Waals surface area (Å²) in [6.45, 7) is 2.08. The first-order valence-electron chi connectivity index (χ1n) is 9.21. The molecule has 0 spiro atoms. The van der Waals surface area contributed by atoms with Gasteiger partial charge < -0.3 is 20.0 Å². The number of rotatable bonds is 5. The summed E-state index contributed by atoms with van der Waals surface area (Å²) in [5.74, 6) is 0.476. The maximum atomic E-state index is 12.7. The van der Waals surface area contributed by atoms with Crippen molar-refractivity contribution in [2.24, 2.45) is 0 Å². The lowest BCUT2D eigenvalue weighted by Crippen LogP contribution is -2.13. The largest absolute Gasteiger partial charge is 0.497 e. The van der Waals surface area contributed by atoms with E-state index >= 15 is 0 Å². The van der Waals surface area contributed by atoms with Crippen LogP contribution in [0.4, 0.5) is 5.69 Å². The molecule has 6 heteroatoms. The van der Waals surface area contributed by atoms with Crippen molar-refractivity contribution in [1.29, 1.82) is 0 Å². The number of benzene rings is 2. The Kier molecular flexibility index (Phi) is 4.61. The van der Waals surface area contributed by atoms with Crippen LogP contribution in [0.15, 0.2) is 53.3 Å². The number of amides is 1. The van der Waals surface area contributed by atoms with Gasteiger partial charge in [-0.3, -0.25) is 9.59 Å². The zero-order valence-electron chi connectivity index (χ0n) is 15.8. The Morgan fingerprint density at radius 1 is 1.04 bits per heavy atom. The summed E-state index contributed by atoms with van der Waals surface area (Å²) >= 11 is 0. The Morgan fingerprint density at radius 2 is 1.89 bits per heavy atom. The van der Waals surface area contributed by atoms with Gasteiger partial charge in [0.05, 0.1) is 12.6 Å². The second-order valence-electron chi connectivity index (χ2n) is 6.76. The smallest absolute Gasteiger partial charge is 0.272 e. The molecule has 28 heavy (non-hydrogen) atoms. The molecule has 0 atom stereocenters. The predicted molar refractivity (Wildman–Crippen MR) is 111 cm³/mol. The number of aromatic nitrogens is 2. The second kappa shape index (κ2) is 7.23. The van der Waals surface area contributed by atoms with E-state index in [1.807, 2.05) is 30.3 Å². The number of H-pyrrole nitrogens is 2. The van der Waals surface area contributed by atoms with E-state index in [4.69, 9.17) is 4.74 Å². The fourth-order valence-electron chi connectivity index (χ4n) is 3.44. The van der Waals surface area contributed by atoms with Crippen molar-refractivity contribution in [3.8, 4) is 5.75 Å². The maximum absolute atomic E-state index is 12.7. The van der Waals surface area contributed by atoms with Crippen LogP contribution in [0.2, 0.25) is 0 Å². The molecule has 6 nitrogen and oxygen atoms in total. The van der Waals surface area contributed by atoms with Crippen LogP contribution < -0.4 is 15.6 Å². The van der Waals surface area contributed by atoms with E-state index in [1.54, 1.807) is 25.3 Å². The molecule has 2 aromatic carbocycles. The topological polar surface area (TPSA) is 87.0 Å². The monoisotopic (exact) mass is 375 g/mol. The van der Waals surface area contributed by atoms with Gasteiger partial charge in [-0.05, 0) is 42.3 Å². The van der Waals surface area contributed by atoms with Crippen molar-refractivity contribution < 1.29 is 9.53 Å². The lowest BCUT2D eigenvalue weighted by molar-refractivity contribution is 0.102. The first kappa shape index (κ1) is 17.9. The Labute approximate surface area is 161 Å². The Hall–Kier alpha value is -3.54. The summed E-state index contributed by atoms with van der Waals surface area (Å²) in [4.78, 5) is 30.6. The van der Waals surface area contributed by atoms with Gasteiger partial charge in [0.1, 0.15) is 11.4 Å². The molecule has 0 radical (unpaired) electrons. The number of hydrogen-bond acceptors (Lipinski definition) is 3. The number of hydrogen-bond donors (Lipinski definition) is 3. The van der Waals surface area contributed by atoms with Crippen molar-refractivity contribution in [3.05, 3.63) is 70.1 Å².